The molecule has 3 nitrogen and oxygen atoms in total. The molecule has 0 bridgehead atoms. The van der Waals surface area contributed by atoms with E-state index in [-0.39, 0.29) is 114 Å². The molecule has 0 saturated heterocycles. The van der Waals surface area contributed by atoms with Crippen LogP contribution in [0.5, 0.6) is 0 Å². The number of rotatable bonds is 0. The quantitative estimate of drug-likeness (QED) is 0.604. The molecule has 0 spiro atoms. The summed E-state index contributed by atoms with van der Waals surface area (Å²) in [4.78, 5) is 8.56. The monoisotopic (exact) mass is 374 g/mol. The molecular formula is CH5Cl2CsO3Pd. The Balaban J connectivity index is -0.00000000750. The van der Waals surface area contributed by atoms with E-state index in [9.17, 15) is 0 Å². The van der Waals surface area contributed by atoms with Crippen molar-refractivity contribution in [2.45, 2.75) is 0 Å². The first-order valence-corrected chi connectivity index (χ1v) is 0.651. The molecule has 0 saturated carbocycles. The molecule has 0 aromatic heterocycles. The largest absolute Gasteiger partial charge is 0 e. The second kappa shape index (κ2) is 22.7. The van der Waals surface area contributed by atoms with Crippen molar-refractivity contribution in [3.8, 4) is 0 Å². The average Bonchev–Trinajstić information content (AvgIpc) is 0.811. The van der Waals surface area contributed by atoms with Crippen LogP contribution >= 0.6 is 24.8 Å². The Labute approximate surface area is 132 Å². The van der Waals surface area contributed by atoms with Crippen LogP contribution < -0.4 is 0 Å². The molecule has 0 aromatic rings. The molecule has 0 heterocycles. The zero-order valence-corrected chi connectivity index (χ0v) is 6.12. The van der Waals surface area contributed by atoms with Gasteiger partial charge in [0.15, 0.2) is 0 Å². The van der Waals surface area contributed by atoms with E-state index >= 15 is 0 Å². The smallest absolute Gasteiger partial charge is 0 e. The molecule has 2 N–H and O–H groups in total. The molecule has 52 valence electrons. The molecule has 0 rings (SSSR count). The Kier molecular flexibility index (Phi) is 88.4. The van der Waals surface area contributed by atoms with E-state index < -0.39 is 6.16 Å². The Morgan fingerprint density at radius 1 is 1.12 bits per heavy atom. The van der Waals surface area contributed by atoms with Crippen LogP contribution in [-0.2, 0) is 20.4 Å². The third-order valence-corrected chi connectivity index (χ3v) is 0. The summed E-state index contributed by atoms with van der Waals surface area (Å²) in [6.45, 7) is 0. The molecule has 0 unspecified atom stereocenters. The van der Waals surface area contributed by atoms with Gasteiger partial charge in [0.05, 0.1) is 0 Å². The number of carboxylic acid groups (broad SMARTS) is 2. The number of hydrogen-bond donors (Lipinski definition) is 2. The summed E-state index contributed by atoms with van der Waals surface area (Å²) in [6.07, 6.45) is -1.83. The van der Waals surface area contributed by atoms with Crippen molar-refractivity contribution in [2.24, 2.45) is 0 Å². The van der Waals surface area contributed by atoms with E-state index in [1.165, 1.54) is 0 Å². The Morgan fingerprint density at radius 3 is 1.12 bits per heavy atom. The van der Waals surface area contributed by atoms with Crippen molar-refractivity contribution >= 4 is 99.9 Å². The van der Waals surface area contributed by atoms with Crippen LogP contribution in [0.25, 0.3) is 0 Å². The van der Waals surface area contributed by atoms with Gasteiger partial charge in [0, 0.05) is 20.4 Å². The summed E-state index contributed by atoms with van der Waals surface area (Å²) in [6, 6.07) is 0. The Bertz CT molecular complexity index is 40.3. The third-order valence-electron chi connectivity index (χ3n) is 0. The predicted octanol–water partition coefficient (Wildman–Crippen LogP) is 0.415. The molecular weight excluding hydrogens is 370 g/mol. The predicted molar refractivity (Wildman–Crippen MR) is 32.3 cm³/mol. The summed E-state index contributed by atoms with van der Waals surface area (Å²) in [5.41, 5.74) is 0. The number of hydrogen-bond acceptors (Lipinski definition) is 1. The van der Waals surface area contributed by atoms with Crippen LogP contribution in [0, 0.1) is 0 Å². The Morgan fingerprint density at radius 2 is 1.12 bits per heavy atom. The van der Waals surface area contributed by atoms with E-state index in [4.69, 9.17) is 15.0 Å². The molecule has 0 aliphatic rings. The average molecular weight is 375 g/mol. The summed E-state index contributed by atoms with van der Waals surface area (Å²) >= 11 is 0. The standard InChI is InChI=1S/CH2O3.2ClH.Cs.Pd.H/c2-1(3)4;;;;;/h(H2,2,3,4);2*1H;;;. The molecule has 0 radical (unpaired) electrons. The first-order chi connectivity index (χ1) is 1.73. The molecule has 0 atom stereocenters. The zero-order chi connectivity index (χ0) is 3.58. The minimum atomic E-state index is -1.83. The van der Waals surface area contributed by atoms with Crippen molar-refractivity contribution in [3.05, 3.63) is 0 Å². The third kappa shape index (κ3) is 74.5. The molecule has 0 fully saturated rings. The van der Waals surface area contributed by atoms with E-state index in [0.717, 1.165) is 0 Å². The van der Waals surface area contributed by atoms with Gasteiger partial charge in [0.25, 0.3) is 0 Å². The molecule has 0 aromatic carbocycles. The summed E-state index contributed by atoms with van der Waals surface area (Å²) in [5.74, 6) is 0. The SMILES string of the molecule is Cl.Cl.O=C(O)O.[CsH].[Pd]. The Hall–Kier alpha value is 2.56. The minimum absolute atomic E-state index is 0. The first kappa shape index (κ1) is 31.2. The van der Waals surface area contributed by atoms with Crippen molar-refractivity contribution < 1.29 is 35.4 Å². The summed E-state index contributed by atoms with van der Waals surface area (Å²) in [7, 11) is 0. The fourth-order valence-electron chi connectivity index (χ4n) is 0. The van der Waals surface area contributed by atoms with Gasteiger partial charge in [-0.15, -0.1) is 24.8 Å². The number of halogens is 2. The minimum Gasteiger partial charge on any atom is 0 e. The van der Waals surface area contributed by atoms with Gasteiger partial charge < -0.3 is 10.2 Å². The van der Waals surface area contributed by atoms with Gasteiger partial charge in [0.2, 0.25) is 0 Å². The van der Waals surface area contributed by atoms with Crippen molar-refractivity contribution in [2.75, 3.05) is 0 Å². The van der Waals surface area contributed by atoms with E-state index in [1.54, 1.807) is 0 Å². The van der Waals surface area contributed by atoms with Crippen molar-refractivity contribution in [1.29, 1.82) is 0 Å². The summed E-state index contributed by atoms with van der Waals surface area (Å²) < 4.78 is 0. The molecule has 7 heteroatoms. The van der Waals surface area contributed by atoms with Gasteiger partial charge in [-0.05, 0) is 0 Å². The fraction of sp³-hybridized carbons (Fsp3) is 0. The van der Waals surface area contributed by atoms with Crippen LogP contribution in [-0.4, -0.2) is 85.3 Å². The van der Waals surface area contributed by atoms with E-state index in [2.05, 4.69) is 0 Å². The van der Waals surface area contributed by atoms with Crippen LogP contribution in [0.2, 0.25) is 0 Å². The van der Waals surface area contributed by atoms with Gasteiger partial charge in [-0.2, -0.15) is 0 Å². The fourth-order valence-corrected chi connectivity index (χ4v) is 0. The molecule has 0 amide bonds. The maximum Gasteiger partial charge on any atom is 0 e. The summed E-state index contributed by atoms with van der Waals surface area (Å²) in [5, 5.41) is 13.9. The van der Waals surface area contributed by atoms with Gasteiger partial charge in [-0.25, -0.2) is 4.79 Å². The second-order valence-electron chi connectivity index (χ2n) is 0.283. The first-order valence-electron chi connectivity index (χ1n) is 0.651. The molecule has 0 aliphatic heterocycles. The molecule has 8 heavy (non-hydrogen) atoms. The van der Waals surface area contributed by atoms with E-state index in [1.807, 2.05) is 0 Å². The zero-order valence-electron chi connectivity index (χ0n) is 2.94. The van der Waals surface area contributed by atoms with Gasteiger partial charge in [-0.1, -0.05) is 0 Å². The van der Waals surface area contributed by atoms with E-state index in [0.29, 0.717) is 0 Å². The van der Waals surface area contributed by atoms with Crippen molar-refractivity contribution in [3.63, 3.8) is 0 Å². The van der Waals surface area contributed by atoms with Crippen molar-refractivity contribution in [1.82, 2.24) is 0 Å². The van der Waals surface area contributed by atoms with Gasteiger partial charge >= 0.3 is 75.0 Å². The van der Waals surface area contributed by atoms with Gasteiger partial charge in [-0.3, -0.25) is 0 Å². The van der Waals surface area contributed by atoms with Crippen LogP contribution in [0.15, 0.2) is 0 Å². The number of carbonyl (C=O) groups is 1. The second-order valence-corrected chi connectivity index (χ2v) is 0.283. The van der Waals surface area contributed by atoms with Crippen LogP contribution in [0.1, 0.15) is 0 Å². The maximum atomic E-state index is 8.56. The van der Waals surface area contributed by atoms with Gasteiger partial charge in [0.1, 0.15) is 0 Å². The van der Waals surface area contributed by atoms with Crippen LogP contribution in [0.3, 0.4) is 0 Å². The van der Waals surface area contributed by atoms with Crippen LogP contribution in [0.4, 0.5) is 4.79 Å². The normalized spacial score (nSPS) is 3.00. The topological polar surface area (TPSA) is 57.5 Å². The molecule has 0 aliphatic carbocycles. The maximum absolute atomic E-state index is 8.56.